The van der Waals surface area contributed by atoms with Crippen molar-refractivity contribution in [2.45, 2.75) is 5.92 Å². The maximum Gasteiger partial charge on any atom is 0.329 e. The number of halogens is 2. The summed E-state index contributed by atoms with van der Waals surface area (Å²) in [6.07, 6.45) is 0.693. The maximum absolute atomic E-state index is 14.8. The van der Waals surface area contributed by atoms with Gasteiger partial charge in [0.05, 0.1) is 11.6 Å². The van der Waals surface area contributed by atoms with E-state index in [0.717, 1.165) is 0 Å². The topological polar surface area (TPSA) is 40.9 Å². The van der Waals surface area contributed by atoms with E-state index in [2.05, 4.69) is 0 Å². The zero-order chi connectivity index (χ0) is 19.3. The Morgan fingerprint density at radius 1 is 0.778 bits per heavy atom. The van der Waals surface area contributed by atoms with Crippen LogP contribution in [0, 0.1) is 11.3 Å². The highest BCUT2D eigenvalue weighted by Gasteiger charge is 2.37. The Morgan fingerprint density at radius 2 is 1.26 bits per heavy atom. The summed E-state index contributed by atoms with van der Waals surface area (Å²) in [6, 6.07) is 24.5. The molecular weight excluding hydrogens is 344 g/mol. The van der Waals surface area contributed by atoms with E-state index in [1.54, 1.807) is 72.8 Å². The molecule has 2 nitrogen and oxygen atoms in total. The molecule has 3 aromatic rings. The predicted molar refractivity (Wildman–Crippen MR) is 100 cm³/mol. The van der Waals surface area contributed by atoms with Gasteiger partial charge in [-0.1, -0.05) is 72.8 Å². The minimum Gasteiger partial charge on any atom is -0.287 e. The second kappa shape index (κ2) is 7.76. The third kappa shape index (κ3) is 4.16. The van der Waals surface area contributed by atoms with Gasteiger partial charge in [0.2, 0.25) is 5.78 Å². The molecule has 0 aliphatic rings. The molecule has 3 rings (SSSR count). The Balaban J connectivity index is 2.09. The Labute approximate surface area is 156 Å². The van der Waals surface area contributed by atoms with Gasteiger partial charge in [-0.3, -0.25) is 4.79 Å². The van der Waals surface area contributed by atoms with E-state index in [0.29, 0.717) is 22.8 Å². The van der Waals surface area contributed by atoms with E-state index in [-0.39, 0.29) is 11.1 Å². The molecular formula is C23H15F2NO. The number of alkyl halides is 2. The van der Waals surface area contributed by atoms with Crippen molar-refractivity contribution in [1.29, 1.82) is 5.26 Å². The Morgan fingerprint density at radius 3 is 1.78 bits per heavy atom. The van der Waals surface area contributed by atoms with Crippen LogP contribution in [0.15, 0.2) is 91.0 Å². The molecule has 27 heavy (non-hydrogen) atoms. The molecule has 0 aliphatic heterocycles. The number of Topliss-reactive ketones (excluding diaryl/α,β-unsaturated/α-hetero) is 1. The fourth-order valence-corrected chi connectivity index (χ4v) is 2.70. The normalized spacial score (nSPS) is 11.7. The fourth-order valence-electron chi connectivity index (χ4n) is 2.70. The average Bonchev–Trinajstić information content (AvgIpc) is 2.73. The zero-order valence-corrected chi connectivity index (χ0v) is 14.3. The van der Waals surface area contributed by atoms with Crippen LogP contribution in [-0.4, -0.2) is 11.7 Å². The van der Waals surface area contributed by atoms with Crippen LogP contribution < -0.4 is 0 Å². The summed E-state index contributed by atoms with van der Waals surface area (Å²) in [6.45, 7) is 0. The van der Waals surface area contributed by atoms with Crippen molar-refractivity contribution in [2.24, 2.45) is 0 Å². The van der Waals surface area contributed by atoms with Crippen molar-refractivity contribution < 1.29 is 13.6 Å². The minimum atomic E-state index is -3.68. The van der Waals surface area contributed by atoms with Crippen molar-refractivity contribution in [3.63, 3.8) is 0 Å². The van der Waals surface area contributed by atoms with Gasteiger partial charge in [0.15, 0.2) is 0 Å². The summed E-state index contributed by atoms with van der Waals surface area (Å²) in [4.78, 5) is 12.3. The van der Waals surface area contributed by atoms with E-state index in [4.69, 9.17) is 5.26 Å². The molecule has 132 valence electrons. The lowest BCUT2D eigenvalue weighted by atomic mass is 9.93. The highest BCUT2D eigenvalue weighted by Crippen LogP contribution is 2.31. The summed E-state index contributed by atoms with van der Waals surface area (Å²) in [7, 11) is 0. The van der Waals surface area contributed by atoms with Crippen LogP contribution in [-0.2, 0) is 0 Å². The van der Waals surface area contributed by atoms with Gasteiger partial charge < -0.3 is 0 Å². The summed E-state index contributed by atoms with van der Waals surface area (Å²) in [5, 5.41) is 8.94. The molecule has 0 saturated heterocycles. The number of carbonyl (C=O) groups excluding carboxylic acids is 1. The standard InChI is InChI=1S/C23H15F2NO/c24-23(25,22(27)20-9-5-2-6-10-20)15-21(18-7-3-1-4-8-18)19-13-11-17(16-26)12-14-19/h1-15H/b21-15+. The zero-order valence-electron chi connectivity index (χ0n) is 14.3. The van der Waals surface area contributed by atoms with Crippen LogP contribution in [0.3, 0.4) is 0 Å². The second-order valence-corrected chi connectivity index (χ2v) is 5.93. The SMILES string of the molecule is N#Cc1ccc(/C(=C/C(F)(F)C(=O)c2ccccc2)c2ccccc2)cc1. The molecule has 0 bridgehead atoms. The van der Waals surface area contributed by atoms with Crippen molar-refractivity contribution in [3.8, 4) is 6.07 Å². The summed E-state index contributed by atoms with van der Waals surface area (Å²) < 4.78 is 29.6. The smallest absolute Gasteiger partial charge is 0.287 e. The van der Waals surface area contributed by atoms with Gasteiger partial charge in [0.1, 0.15) is 0 Å². The molecule has 0 fully saturated rings. The molecule has 0 unspecified atom stereocenters. The number of ketones is 1. The monoisotopic (exact) mass is 359 g/mol. The molecule has 0 N–H and O–H groups in total. The van der Waals surface area contributed by atoms with Crippen molar-refractivity contribution in [2.75, 3.05) is 0 Å². The van der Waals surface area contributed by atoms with Gasteiger partial charge in [0, 0.05) is 11.6 Å². The Bertz CT molecular complexity index is 1000. The minimum absolute atomic E-state index is 0.0500. The molecule has 4 heteroatoms. The molecule has 0 amide bonds. The molecule has 0 atom stereocenters. The number of carbonyl (C=O) groups is 1. The van der Waals surface area contributed by atoms with Crippen LogP contribution >= 0.6 is 0 Å². The average molecular weight is 359 g/mol. The van der Waals surface area contributed by atoms with Crippen molar-refractivity contribution in [1.82, 2.24) is 0 Å². The first-order chi connectivity index (χ1) is 13.0. The van der Waals surface area contributed by atoms with Gasteiger partial charge in [-0.2, -0.15) is 14.0 Å². The quantitative estimate of drug-likeness (QED) is 0.564. The third-order valence-electron chi connectivity index (χ3n) is 4.07. The molecule has 0 heterocycles. The maximum atomic E-state index is 14.8. The van der Waals surface area contributed by atoms with E-state index < -0.39 is 11.7 Å². The first-order valence-corrected chi connectivity index (χ1v) is 8.28. The van der Waals surface area contributed by atoms with E-state index in [1.807, 2.05) is 6.07 Å². The summed E-state index contributed by atoms with van der Waals surface area (Å²) >= 11 is 0. The summed E-state index contributed by atoms with van der Waals surface area (Å²) in [5.74, 6) is -4.94. The van der Waals surface area contributed by atoms with E-state index >= 15 is 0 Å². The largest absolute Gasteiger partial charge is 0.329 e. The van der Waals surface area contributed by atoms with E-state index in [9.17, 15) is 13.6 Å². The first-order valence-electron chi connectivity index (χ1n) is 8.28. The predicted octanol–water partition coefficient (Wildman–Crippen LogP) is 5.51. The highest BCUT2D eigenvalue weighted by atomic mass is 19.3. The second-order valence-electron chi connectivity index (χ2n) is 5.93. The lowest BCUT2D eigenvalue weighted by Crippen LogP contribution is -2.26. The Hall–Kier alpha value is -3.58. The van der Waals surface area contributed by atoms with Gasteiger partial charge >= 0.3 is 5.92 Å². The van der Waals surface area contributed by atoms with E-state index in [1.165, 1.54) is 12.1 Å². The molecule has 0 aliphatic carbocycles. The van der Waals surface area contributed by atoms with Crippen molar-refractivity contribution in [3.05, 3.63) is 113 Å². The van der Waals surface area contributed by atoms with Crippen LogP contribution in [0.2, 0.25) is 0 Å². The number of hydrogen-bond donors (Lipinski definition) is 0. The molecule has 0 radical (unpaired) electrons. The van der Waals surface area contributed by atoms with Crippen LogP contribution in [0.25, 0.3) is 5.57 Å². The van der Waals surface area contributed by atoms with Crippen molar-refractivity contribution >= 4 is 11.4 Å². The lowest BCUT2D eigenvalue weighted by Gasteiger charge is -2.15. The van der Waals surface area contributed by atoms with Crippen LogP contribution in [0.4, 0.5) is 8.78 Å². The summed E-state index contributed by atoms with van der Waals surface area (Å²) in [5.41, 5.74) is 1.67. The number of nitriles is 1. The van der Waals surface area contributed by atoms with Crippen LogP contribution in [0.5, 0.6) is 0 Å². The van der Waals surface area contributed by atoms with Gasteiger partial charge in [-0.15, -0.1) is 0 Å². The van der Waals surface area contributed by atoms with Crippen LogP contribution in [0.1, 0.15) is 27.0 Å². The number of benzene rings is 3. The highest BCUT2D eigenvalue weighted by molar-refractivity contribution is 6.04. The molecule has 0 saturated carbocycles. The van der Waals surface area contributed by atoms with Gasteiger partial charge in [0.25, 0.3) is 0 Å². The number of nitrogens with zero attached hydrogens (tertiary/aromatic N) is 1. The number of allylic oxidation sites excluding steroid dienone is 1. The first kappa shape index (κ1) is 18.2. The number of hydrogen-bond acceptors (Lipinski definition) is 2. The molecule has 3 aromatic carbocycles. The molecule has 0 spiro atoms. The van der Waals surface area contributed by atoms with Gasteiger partial charge in [-0.05, 0) is 28.8 Å². The fraction of sp³-hybridized carbons (Fsp3) is 0.0435. The molecule has 0 aromatic heterocycles. The lowest BCUT2D eigenvalue weighted by molar-refractivity contribution is 0.0384. The third-order valence-corrected chi connectivity index (χ3v) is 4.07. The number of rotatable bonds is 5. The Kier molecular flexibility index (Phi) is 5.23. The van der Waals surface area contributed by atoms with Gasteiger partial charge in [-0.25, -0.2) is 0 Å².